The molecule has 5 nitrogen and oxygen atoms in total. The smallest absolute Gasteiger partial charge is 0.281 e. The van der Waals surface area contributed by atoms with Gasteiger partial charge in [0, 0.05) is 16.0 Å². The van der Waals surface area contributed by atoms with Gasteiger partial charge in [-0.1, -0.05) is 23.7 Å². The Morgan fingerprint density at radius 1 is 1.21 bits per heavy atom. The van der Waals surface area contributed by atoms with Crippen molar-refractivity contribution in [1.82, 2.24) is 4.98 Å². The van der Waals surface area contributed by atoms with Crippen molar-refractivity contribution in [3.63, 3.8) is 0 Å². The first-order valence-corrected chi connectivity index (χ1v) is 9.58. The van der Waals surface area contributed by atoms with Gasteiger partial charge in [0.05, 0.1) is 12.2 Å². The molecule has 1 aromatic heterocycles. The van der Waals surface area contributed by atoms with Crippen LogP contribution in [0.4, 0.5) is 5.13 Å². The summed E-state index contributed by atoms with van der Waals surface area (Å²) in [6.45, 7) is 8.33. The Bertz CT molecular complexity index is 680. The molecule has 0 atom stereocenters. The van der Waals surface area contributed by atoms with E-state index in [2.05, 4.69) is 17.2 Å². The molecule has 128 valence electrons. The Labute approximate surface area is 151 Å². The van der Waals surface area contributed by atoms with Crippen molar-refractivity contribution < 1.29 is 14.6 Å². The van der Waals surface area contributed by atoms with Gasteiger partial charge in [-0.3, -0.25) is 10.1 Å². The van der Waals surface area contributed by atoms with Crippen molar-refractivity contribution in [2.75, 3.05) is 44.6 Å². The van der Waals surface area contributed by atoms with Crippen LogP contribution in [0.15, 0.2) is 29.6 Å². The largest absolute Gasteiger partial charge is 0.326 e. The number of nitrogens with one attached hydrogen (secondary N) is 3. The van der Waals surface area contributed by atoms with Crippen LogP contribution in [0, 0.1) is 0 Å². The average Bonchev–Trinajstić information content (AvgIpc) is 3.04. The van der Waals surface area contributed by atoms with Crippen LogP contribution in [0.25, 0.3) is 11.3 Å². The fraction of sp³-hybridized carbons (Fsp3) is 0.412. The molecule has 2 heterocycles. The van der Waals surface area contributed by atoms with Crippen LogP contribution in [-0.4, -0.2) is 50.2 Å². The number of quaternary nitrogens is 2. The number of carbonyl (C=O) groups excluding carboxylic acids is 1. The molecular formula is C17H23ClN4OS+2. The van der Waals surface area contributed by atoms with Crippen LogP contribution < -0.4 is 15.1 Å². The highest BCUT2D eigenvalue weighted by atomic mass is 35.5. The number of carbonyl (C=O) groups is 1. The van der Waals surface area contributed by atoms with Gasteiger partial charge in [0.2, 0.25) is 0 Å². The molecule has 1 amide bonds. The van der Waals surface area contributed by atoms with Crippen molar-refractivity contribution in [1.29, 1.82) is 0 Å². The highest BCUT2D eigenvalue weighted by molar-refractivity contribution is 7.14. The molecule has 0 unspecified atom stereocenters. The van der Waals surface area contributed by atoms with Crippen molar-refractivity contribution in [3.8, 4) is 11.3 Å². The van der Waals surface area contributed by atoms with Gasteiger partial charge in [-0.05, 0) is 19.1 Å². The molecule has 0 radical (unpaired) electrons. The van der Waals surface area contributed by atoms with E-state index < -0.39 is 0 Å². The number of hydrogen-bond acceptors (Lipinski definition) is 3. The van der Waals surface area contributed by atoms with Crippen LogP contribution in [0.2, 0.25) is 5.02 Å². The summed E-state index contributed by atoms with van der Waals surface area (Å²) in [6, 6.07) is 7.55. The quantitative estimate of drug-likeness (QED) is 0.708. The zero-order valence-electron chi connectivity index (χ0n) is 13.8. The predicted octanol–water partition coefficient (Wildman–Crippen LogP) is 0.205. The summed E-state index contributed by atoms with van der Waals surface area (Å²) < 4.78 is 0. The molecule has 3 rings (SSSR count). The van der Waals surface area contributed by atoms with E-state index in [1.807, 2.05) is 29.6 Å². The minimum absolute atomic E-state index is 0.0435. The summed E-state index contributed by atoms with van der Waals surface area (Å²) in [7, 11) is 0. The maximum absolute atomic E-state index is 12.2. The number of piperazine rings is 1. The number of aromatic nitrogens is 1. The number of rotatable bonds is 5. The number of amides is 1. The molecule has 0 aliphatic carbocycles. The van der Waals surface area contributed by atoms with Gasteiger partial charge in [0.15, 0.2) is 11.7 Å². The normalized spacial score (nSPS) is 20.8. The zero-order chi connectivity index (χ0) is 16.9. The lowest BCUT2D eigenvalue weighted by Crippen LogP contribution is -3.28. The van der Waals surface area contributed by atoms with Crippen LogP contribution in [-0.2, 0) is 4.79 Å². The van der Waals surface area contributed by atoms with Crippen LogP contribution in [0.5, 0.6) is 0 Å². The monoisotopic (exact) mass is 366 g/mol. The first kappa shape index (κ1) is 17.4. The molecule has 3 N–H and O–H groups in total. The number of halogens is 1. The molecule has 1 saturated heterocycles. The number of nitrogens with zero attached hydrogens (tertiary/aromatic N) is 1. The molecule has 1 aliphatic rings. The molecule has 1 aromatic carbocycles. The fourth-order valence-electron chi connectivity index (χ4n) is 2.96. The summed E-state index contributed by atoms with van der Waals surface area (Å²) in [5.41, 5.74) is 1.86. The summed E-state index contributed by atoms with van der Waals surface area (Å²) in [5, 5.41) is 6.24. The Morgan fingerprint density at radius 3 is 2.54 bits per heavy atom. The molecule has 0 spiro atoms. The van der Waals surface area contributed by atoms with Gasteiger partial charge in [0.25, 0.3) is 5.91 Å². The number of likely N-dealkylation sites (N-methyl/N-ethyl adjacent to an activating group) is 1. The Hall–Kier alpha value is -1.47. The average molecular weight is 367 g/mol. The highest BCUT2D eigenvalue weighted by Crippen LogP contribution is 2.25. The first-order chi connectivity index (χ1) is 11.6. The SMILES string of the molecule is CC[NH+]1CC[NH+](CC(=O)Nc2nc(-c3ccc(Cl)cc3)cs2)CC1. The molecule has 7 heteroatoms. The zero-order valence-corrected chi connectivity index (χ0v) is 15.3. The van der Waals surface area contributed by atoms with E-state index in [9.17, 15) is 4.79 Å². The lowest BCUT2D eigenvalue weighted by atomic mass is 10.2. The minimum Gasteiger partial charge on any atom is -0.326 e. The van der Waals surface area contributed by atoms with Crippen LogP contribution >= 0.6 is 22.9 Å². The fourth-order valence-corrected chi connectivity index (χ4v) is 3.82. The summed E-state index contributed by atoms with van der Waals surface area (Å²) in [5.74, 6) is 0.0435. The summed E-state index contributed by atoms with van der Waals surface area (Å²) in [4.78, 5) is 19.7. The number of anilines is 1. The number of hydrogen-bond donors (Lipinski definition) is 3. The lowest BCUT2D eigenvalue weighted by molar-refractivity contribution is -1.01. The van der Waals surface area contributed by atoms with Crippen molar-refractivity contribution in [2.24, 2.45) is 0 Å². The van der Waals surface area contributed by atoms with Gasteiger partial charge in [0.1, 0.15) is 26.2 Å². The highest BCUT2D eigenvalue weighted by Gasteiger charge is 2.23. The third-order valence-electron chi connectivity index (χ3n) is 4.47. The molecule has 24 heavy (non-hydrogen) atoms. The van der Waals surface area contributed by atoms with Crippen molar-refractivity contribution in [3.05, 3.63) is 34.7 Å². The lowest BCUT2D eigenvalue weighted by Gasteiger charge is -2.28. The maximum Gasteiger partial charge on any atom is 0.281 e. The topological polar surface area (TPSA) is 50.9 Å². The van der Waals surface area contributed by atoms with E-state index in [1.165, 1.54) is 22.8 Å². The number of thiazole rings is 1. The Balaban J connectivity index is 1.53. The van der Waals surface area contributed by atoms with Gasteiger partial charge in [-0.2, -0.15) is 0 Å². The Kier molecular flexibility index (Phi) is 5.84. The molecule has 2 aromatic rings. The van der Waals surface area contributed by atoms with Crippen molar-refractivity contribution >= 4 is 34.0 Å². The third-order valence-corrected chi connectivity index (χ3v) is 5.47. The second-order valence-electron chi connectivity index (χ2n) is 6.12. The first-order valence-electron chi connectivity index (χ1n) is 8.32. The predicted molar refractivity (Wildman–Crippen MR) is 98.0 cm³/mol. The van der Waals surface area contributed by atoms with Gasteiger partial charge in [-0.15, -0.1) is 11.3 Å². The summed E-state index contributed by atoms with van der Waals surface area (Å²) in [6.07, 6.45) is 0. The minimum atomic E-state index is 0.0435. The van der Waals surface area contributed by atoms with E-state index in [0.717, 1.165) is 37.4 Å². The number of benzene rings is 1. The van der Waals surface area contributed by atoms with E-state index >= 15 is 0 Å². The van der Waals surface area contributed by atoms with Crippen molar-refractivity contribution in [2.45, 2.75) is 6.92 Å². The Morgan fingerprint density at radius 2 is 1.88 bits per heavy atom. The second-order valence-corrected chi connectivity index (χ2v) is 7.42. The summed E-state index contributed by atoms with van der Waals surface area (Å²) >= 11 is 7.36. The van der Waals surface area contributed by atoms with E-state index in [4.69, 9.17) is 11.6 Å². The molecule has 1 aliphatic heterocycles. The maximum atomic E-state index is 12.2. The van der Waals surface area contributed by atoms with Crippen LogP contribution in [0.1, 0.15) is 6.92 Å². The molecule has 0 bridgehead atoms. The van der Waals surface area contributed by atoms with Gasteiger partial charge < -0.3 is 9.80 Å². The van der Waals surface area contributed by atoms with E-state index in [0.29, 0.717) is 16.7 Å². The van der Waals surface area contributed by atoms with Gasteiger partial charge in [-0.25, -0.2) is 4.98 Å². The van der Waals surface area contributed by atoms with E-state index in [1.54, 1.807) is 4.90 Å². The standard InChI is InChI=1S/C17H21ClN4OS/c1-2-21-7-9-22(10-8-21)11-16(23)20-17-19-15(12-24-17)13-3-5-14(18)6-4-13/h3-6,12H,2,7-11H2,1H3,(H,19,20,23)/p+2. The second kappa shape index (κ2) is 8.07. The molecule has 1 fully saturated rings. The molecule has 0 saturated carbocycles. The van der Waals surface area contributed by atoms with E-state index in [-0.39, 0.29) is 5.91 Å². The van der Waals surface area contributed by atoms with Gasteiger partial charge >= 0.3 is 0 Å². The molecular weight excluding hydrogens is 344 g/mol. The van der Waals surface area contributed by atoms with Crippen LogP contribution in [0.3, 0.4) is 0 Å². The third kappa shape index (κ3) is 4.54.